The zero-order chi connectivity index (χ0) is 13.0. The van der Waals surface area contributed by atoms with Crippen LogP contribution in [0.25, 0.3) is 0 Å². The summed E-state index contributed by atoms with van der Waals surface area (Å²) >= 11 is 1.38. The number of aryl methyl sites for hydroxylation is 1. The fourth-order valence-electron chi connectivity index (χ4n) is 1.26. The van der Waals surface area contributed by atoms with E-state index in [0.29, 0.717) is 18.2 Å². The predicted molar refractivity (Wildman–Crippen MR) is 65.7 cm³/mol. The maximum absolute atomic E-state index is 5.36. The maximum Gasteiger partial charge on any atom is 0.192 e. The molecule has 3 N–H and O–H groups in total. The lowest BCUT2D eigenvalue weighted by Gasteiger charge is -2.06. The number of hydrazine groups is 1. The molecule has 0 aliphatic carbocycles. The largest absolute Gasteiger partial charge is 0.377 e. The lowest BCUT2D eigenvalue weighted by Crippen LogP contribution is -2.11. The van der Waals surface area contributed by atoms with Crippen LogP contribution in [0.3, 0.4) is 0 Å². The highest BCUT2D eigenvalue weighted by Crippen LogP contribution is 2.24. The minimum atomic E-state index is 0.321. The van der Waals surface area contributed by atoms with Crippen LogP contribution in [0.2, 0.25) is 0 Å². The van der Waals surface area contributed by atoms with Crippen LogP contribution >= 0.6 is 11.8 Å². The van der Waals surface area contributed by atoms with Crippen molar-refractivity contribution >= 4 is 17.6 Å². The summed E-state index contributed by atoms with van der Waals surface area (Å²) < 4.78 is 6.67. The normalized spacial score (nSPS) is 10.6. The number of ether oxygens (including phenoxy) is 1. The van der Waals surface area contributed by atoms with Gasteiger partial charge in [0.05, 0.1) is 0 Å². The number of methoxy groups -OCH3 is 1. The van der Waals surface area contributed by atoms with Crippen molar-refractivity contribution in [1.29, 1.82) is 0 Å². The number of nitrogens with zero attached hydrogens (tertiary/aromatic N) is 5. The Labute approximate surface area is 108 Å². The fraction of sp³-hybridized carbons (Fsp3) is 0.333. The number of nitrogen functional groups attached to an aromatic ring is 1. The summed E-state index contributed by atoms with van der Waals surface area (Å²) in [6.07, 6.45) is 1.49. The molecule has 0 spiro atoms. The van der Waals surface area contributed by atoms with E-state index >= 15 is 0 Å². The van der Waals surface area contributed by atoms with Gasteiger partial charge in [0.15, 0.2) is 11.0 Å². The van der Waals surface area contributed by atoms with Gasteiger partial charge in [0.1, 0.15) is 23.8 Å². The molecule has 0 fully saturated rings. The number of hydrogen-bond acceptors (Lipinski definition) is 8. The molecule has 9 heteroatoms. The van der Waals surface area contributed by atoms with E-state index in [-0.39, 0.29) is 0 Å². The second-order valence-electron chi connectivity index (χ2n) is 3.35. The second-order valence-corrected chi connectivity index (χ2v) is 4.34. The monoisotopic (exact) mass is 267 g/mol. The first kappa shape index (κ1) is 12.7. The average Bonchev–Trinajstić information content (AvgIpc) is 2.75. The summed E-state index contributed by atoms with van der Waals surface area (Å²) in [5.41, 5.74) is 2.50. The van der Waals surface area contributed by atoms with Crippen LogP contribution < -0.4 is 11.3 Å². The van der Waals surface area contributed by atoms with Crippen molar-refractivity contribution in [2.24, 2.45) is 12.9 Å². The topological polar surface area (TPSA) is 104 Å². The predicted octanol–water partition coefficient (Wildman–Crippen LogP) is 0.188. The summed E-state index contributed by atoms with van der Waals surface area (Å²) in [6, 6.07) is 1.73. The van der Waals surface area contributed by atoms with E-state index in [1.165, 1.54) is 18.1 Å². The van der Waals surface area contributed by atoms with Crippen LogP contribution in [0.1, 0.15) is 5.82 Å². The molecule has 0 radical (unpaired) electrons. The first-order valence-electron chi connectivity index (χ1n) is 5.08. The van der Waals surface area contributed by atoms with E-state index in [1.807, 2.05) is 7.05 Å². The summed E-state index contributed by atoms with van der Waals surface area (Å²) in [5.74, 6) is 6.45. The molecule has 0 aliphatic rings. The van der Waals surface area contributed by atoms with Crippen LogP contribution in [-0.2, 0) is 18.4 Å². The Kier molecular flexibility index (Phi) is 4.07. The van der Waals surface area contributed by atoms with Gasteiger partial charge in [-0.25, -0.2) is 25.5 Å². The molecule has 0 aromatic carbocycles. The molecule has 0 aliphatic heterocycles. The highest BCUT2D eigenvalue weighted by atomic mass is 32.2. The lowest BCUT2D eigenvalue weighted by atomic mass is 10.5. The molecule has 2 aromatic heterocycles. The molecule has 8 nitrogen and oxygen atoms in total. The molecule has 0 amide bonds. The molecular weight excluding hydrogens is 254 g/mol. The van der Waals surface area contributed by atoms with Crippen molar-refractivity contribution in [3.8, 4) is 0 Å². The van der Waals surface area contributed by atoms with Gasteiger partial charge in [0.2, 0.25) is 0 Å². The molecule has 2 heterocycles. The summed E-state index contributed by atoms with van der Waals surface area (Å²) in [7, 11) is 3.40. The van der Waals surface area contributed by atoms with E-state index in [1.54, 1.807) is 17.9 Å². The number of nitrogens with one attached hydrogen (secondary N) is 1. The first-order chi connectivity index (χ1) is 8.72. The SMILES string of the molecule is COCc1nc(NN)cc(Sc2ncnn2C)n1. The van der Waals surface area contributed by atoms with E-state index in [0.717, 1.165) is 10.2 Å². The summed E-state index contributed by atoms with van der Waals surface area (Å²) in [6.45, 7) is 0.321. The van der Waals surface area contributed by atoms with Gasteiger partial charge >= 0.3 is 0 Å². The van der Waals surface area contributed by atoms with Crippen molar-refractivity contribution in [2.45, 2.75) is 16.8 Å². The fourth-order valence-corrected chi connectivity index (χ4v) is 2.05. The van der Waals surface area contributed by atoms with Crippen molar-refractivity contribution in [2.75, 3.05) is 12.5 Å². The number of aromatic nitrogens is 5. The minimum absolute atomic E-state index is 0.321. The Morgan fingerprint density at radius 1 is 1.50 bits per heavy atom. The number of rotatable bonds is 5. The Balaban J connectivity index is 2.26. The Bertz CT molecular complexity index is 529. The highest BCUT2D eigenvalue weighted by molar-refractivity contribution is 7.99. The van der Waals surface area contributed by atoms with E-state index in [4.69, 9.17) is 10.6 Å². The van der Waals surface area contributed by atoms with Gasteiger partial charge in [-0.2, -0.15) is 5.10 Å². The molecule has 0 bridgehead atoms. The zero-order valence-electron chi connectivity index (χ0n) is 9.99. The van der Waals surface area contributed by atoms with Crippen molar-refractivity contribution in [3.05, 3.63) is 18.2 Å². The van der Waals surface area contributed by atoms with Gasteiger partial charge in [-0.3, -0.25) is 0 Å². The third-order valence-corrected chi connectivity index (χ3v) is 3.01. The molecule has 0 atom stereocenters. The Morgan fingerprint density at radius 2 is 2.33 bits per heavy atom. The van der Waals surface area contributed by atoms with Gasteiger partial charge < -0.3 is 10.2 Å². The molecule has 2 aromatic rings. The highest BCUT2D eigenvalue weighted by Gasteiger charge is 2.08. The molecule has 0 saturated carbocycles. The van der Waals surface area contributed by atoms with Crippen LogP contribution in [0.15, 0.2) is 22.6 Å². The quantitative estimate of drug-likeness (QED) is 0.449. The summed E-state index contributed by atoms with van der Waals surface area (Å²) in [4.78, 5) is 12.6. The number of anilines is 1. The average molecular weight is 267 g/mol. The van der Waals surface area contributed by atoms with Gasteiger partial charge in [0, 0.05) is 20.2 Å². The van der Waals surface area contributed by atoms with Gasteiger partial charge in [-0.05, 0) is 11.8 Å². The first-order valence-corrected chi connectivity index (χ1v) is 5.90. The van der Waals surface area contributed by atoms with Crippen molar-refractivity contribution < 1.29 is 4.74 Å². The molecule has 2 rings (SSSR count). The lowest BCUT2D eigenvalue weighted by molar-refractivity contribution is 0.177. The van der Waals surface area contributed by atoms with Gasteiger partial charge in [-0.1, -0.05) is 0 Å². The van der Waals surface area contributed by atoms with Crippen LogP contribution in [0, 0.1) is 0 Å². The minimum Gasteiger partial charge on any atom is -0.377 e. The molecule has 0 saturated heterocycles. The Hall–Kier alpha value is -1.71. The third kappa shape index (κ3) is 2.94. The molecule has 96 valence electrons. The van der Waals surface area contributed by atoms with Gasteiger partial charge in [0.25, 0.3) is 0 Å². The van der Waals surface area contributed by atoms with Crippen LogP contribution in [0.4, 0.5) is 5.82 Å². The second kappa shape index (κ2) is 5.76. The van der Waals surface area contributed by atoms with Crippen LogP contribution in [-0.4, -0.2) is 31.8 Å². The molecule has 0 unspecified atom stereocenters. The smallest absolute Gasteiger partial charge is 0.192 e. The van der Waals surface area contributed by atoms with E-state index in [2.05, 4.69) is 25.5 Å². The number of nitrogens with two attached hydrogens (primary N) is 1. The van der Waals surface area contributed by atoms with Crippen molar-refractivity contribution in [3.63, 3.8) is 0 Å². The maximum atomic E-state index is 5.36. The third-order valence-electron chi connectivity index (χ3n) is 2.04. The zero-order valence-corrected chi connectivity index (χ0v) is 10.8. The van der Waals surface area contributed by atoms with Crippen LogP contribution in [0.5, 0.6) is 0 Å². The van der Waals surface area contributed by atoms with Crippen molar-refractivity contribution in [1.82, 2.24) is 24.7 Å². The van der Waals surface area contributed by atoms with Gasteiger partial charge in [-0.15, -0.1) is 0 Å². The summed E-state index contributed by atoms with van der Waals surface area (Å²) in [5, 5.41) is 5.45. The molecular formula is C9H13N7OS. The van der Waals surface area contributed by atoms with E-state index < -0.39 is 0 Å². The molecule has 18 heavy (non-hydrogen) atoms. The van der Waals surface area contributed by atoms with E-state index in [9.17, 15) is 0 Å². The standard InChI is InChI=1S/C9H13N7OS/c1-16-9(11-5-12-16)18-8-3-6(15-10)13-7(14-8)4-17-2/h3,5H,4,10H2,1-2H3,(H,13,14,15). The Morgan fingerprint density at radius 3 is 2.94 bits per heavy atom. The number of hydrogen-bond donors (Lipinski definition) is 2.